The molecule has 0 aromatic carbocycles. The molecule has 1 fully saturated rings. The van der Waals surface area contributed by atoms with E-state index >= 15 is 0 Å². The van der Waals surface area contributed by atoms with Crippen LogP contribution < -0.4 is 5.32 Å². The van der Waals surface area contributed by atoms with Crippen LogP contribution in [-0.2, 0) is 38.3 Å². The van der Waals surface area contributed by atoms with Crippen LogP contribution in [0.5, 0.6) is 0 Å². The Kier molecular flexibility index (Phi) is 9.59. The smallest absolute Gasteiger partial charge is 0.338 e. The number of rotatable bonds is 13. The summed E-state index contributed by atoms with van der Waals surface area (Å²) in [6, 6.07) is 0. The molecule has 1 atom stereocenters. The summed E-state index contributed by atoms with van der Waals surface area (Å²) in [5, 5.41) is 3.07. The van der Waals surface area contributed by atoms with Crippen molar-refractivity contribution in [2.24, 2.45) is 5.41 Å². The fourth-order valence-corrected chi connectivity index (χ4v) is 3.16. The molecule has 182 valence electrons. The van der Waals surface area contributed by atoms with Crippen molar-refractivity contribution in [2.75, 3.05) is 26.3 Å². The summed E-state index contributed by atoms with van der Waals surface area (Å²) < 4.78 is 5.56. The molecule has 5 amide bonds. The molecule has 2 rings (SSSR count). The average molecular weight is 484 g/mol. The van der Waals surface area contributed by atoms with Gasteiger partial charge in [-0.15, -0.1) is 5.06 Å². The number of hydroxylamine groups is 2. The molecule has 0 aromatic heterocycles. The molecule has 1 saturated heterocycles. The van der Waals surface area contributed by atoms with Gasteiger partial charge in [-0.05, 0) is 26.7 Å². The maximum Gasteiger partial charge on any atom is 0.338 e. The van der Waals surface area contributed by atoms with E-state index < -0.39 is 35.0 Å². The summed E-state index contributed by atoms with van der Waals surface area (Å²) in [6.07, 6.45) is 3.28. The summed E-state index contributed by atoms with van der Waals surface area (Å²) in [7, 11) is 0. The van der Waals surface area contributed by atoms with Crippen LogP contribution in [-0.4, -0.2) is 77.0 Å². The first-order valence-corrected chi connectivity index (χ1v) is 11.2. The molecule has 0 spiro atoms. The maximum atomic E-state index is 12.3. The van der Waals surface area contributed by atoms with Gasteiger partial charge in [0.2, 0.25) is 5.91 Å². The largest absolute Gasteiger partial charge is 0.380 e. The fraction of sp³-hybridized carbons (Fsp3) is 0.619. The molecular weight excluding hydrogens is 454 g/mol. The van der Waals surface area contributed by atoms with Crippen molar-refractivity contribution in [2.45, 2.75) is 51.2 Å². The summed E-state index contributed by atoms with van der Waals surface area (Å²) in [4.78, 5) is 76.1. The molecule has 2 aliphatic rings. The number of nitrogens with zero attached hydrogens (tertiary/aromatic N) is 2. The predicted octanol–water partition coefficient (Wildman–Crippen LogP) is 0.146. The average Bonchev–Trinajstić information content (AvgIpc) is 3.24. The second-order valence-electron chi connectivity index (χ2n) is 8.37. The van der Waals surface area contributed by atoms with Crippen LogP contribution in [0.3, 0.4) is 0 Å². The van der Waals surface area contributed by atoms with Crippen LogP contribution >= 0.6 is 12.6 Å². The Labute approximate surface area is 197 Å². The van der Waals surface area contributed by atoms with E-state index in [2.05, 4.69) is 17.9 Å². The van der Waals surface area contributed by atoms with Gasteiger partial charge in [-0.1, -0.05) is 0 Å². The van der Waals surface area contributed by atoms with Gasteiger partial charge in [-0.25, -0.2) is 4.79 Å². The molecule has 1 N–H and O–H groups in total. The summed E-state index contributed by atoms with van der Waals surface area (Å²) in [5.41, 5.74) is -0.961. The molecule has 1 unspecified atom stereocenters. The normalized spacial score (nSPS) is 17.2. The number of ether oxygens (including phenoxy) is 1. The third-order valence-corrected chi connectivity index (χ3v) is 5.58. The van der Waals surface area contributed by atoms with Crippen molar-refractivity contribution in [3.8, 4) is 0 Å². The zero-order valence-corrected chi connectivity index (χ0v) is 19.6. The lowest BCUT2D eigenvalue weighted by Gasteiger charge is -2.24. The minimum atomic E-state index is -0.961. The maximum absolute atomic E-state index is 12.3. The van der Waals surface area contributed by atoms with Gasteiger partial charge in [0.05, 0.1) is 12.0 Å². The number of carbonyl (C=O) groups is 6. The zero-order chi connectivity index (χ0) is 24.6. The van der Waals surface area contributed by atoms with E-state index in [-0.39, 0.29) is 50.2 Å². The highest BCUT2D eigenvalue weighted by atomic mass is 32.1. The minimum absolute atomic E-state index is 0.0205. The number of nitrogens with one attached hydrogen (secondary N) is 1. The second kappa shape index (κ2) is 11.9. The first-order chi connectivity index (χ1) is 15.5. The van der Waals surface area contributed by atoms with E-state index in [0.717, 1.165) is 4.90 Å². The van der Waals surface area contributed by atoms with Crippen molar-refractivity contribution >= 4 is 48.1 Å². The van der Waals surface area contributed by atoms with Gasteiger partial charge in [0.25, 0.3) is 23.6 Å². The van der Waals surface area contributed by atoms with E-state index in [1.165, 1.54) is 12.2 Å². The third kappa shape index (κ3) is 7.97. The first-order valence-electron chi connectivity index (χ1n) is 10.7. The van der Waals surface area contributed by atoms with E-state index in [1.807, 2.05) is 0 Å². The molecule has 2 aliphatic heterocycles. The predicted molar refractivity (Wildman–Crippen MR) is 117 cm³/mol. The standard InChI is InChI=1S/C21H29N3O8S/c1-21(2,20(30)32-24-18(28)5-6-19(24)29)9-12-31-13-14(33)7-10-22-15(25)8-11-23-16(26)3-4-17(23)27/h3-4,14,33H,5-13H2,1-2H3,(H,22,25). The Hall–Kier alpha value is -2.73. The second-order valence-corrected chi connectivity index (χ2v) is 9.10. The number of amides is 5. The Balaban J connectivity index is 1.56. The van der Waals surface area contributed by atoms with Crippen LogP contribution in [0.15, 0.2) is 12.2 Å². The van der Waals surface area contributed by atoms with E-state index in [4.69, 9.17) is 9.57 Å². The van der Waals surface area contributed by atoms with Gasteiger partial charge in [-0.2, -0.15) is 12.6 Å². The van der Waals surface area contributed by atoms with E-state index in [0.29, 0.717) is 24.4 Å². The third-order valence-electron chi connectivity index (χ3n) is 5.18. The number of imide groups is 2. The van der Waals surface area contributed by atoms with Gasteiger partial charge in [0.1, 0.15) is 0 Å². The molecule has 2 heterocycles. The summed E-state index contributed by atoms with van der Waals surface area (Å²) in [5.74, 6) is -2.86. The zero-order valence-electron chi connectivity index (χ0n) is 18.7. The van der Waals surface area contributed by atoms with Crippen molar-refractivity contribution in [3.05, 3.63) is 12.2 Å². The molecule has 33 heavy (non-hydrogen) atoms. The first kappa shape index (κ1) is 26.5. The van der Waals surface area contributed by atoms with Gasteiger partial charge in [0.15, 0.2) is 0 Å². The van der Waals surface area contributed by atoms with Crippen LogP contribution in [0.2, 0.25) is 0 Å². The van der Waals surface area contributed by atoms with E-state index in [9.17, 15) is 28.8 Å². The number of hydrogen-bond donors (Lipinski definition) is 2. The molecule has 0 radical (unpaired) electrons. The fourth-order valence-electron chi connectivity index (χ4n) is 2.93. The number of hydrogen-bond acceptors (Lipinski definition) is 9. The van der Waals surface area contributed by atoms with Crippen LogP contribution in [0.1, 0.15) is 46.0 Å². The molecular formula is C21H29N3O8S. The molecule has 0 saturated carbocycles. The molecule has 0 aliphatic carbocycles. The van der Waals surface area contributed by atoms with Gasteiger partial charge < -0.3 is 14.9 Å². The quantitative estimate of drug-likeness (QED) is 0.214. The lowest BCUT2D eigenvalue weighted by molar-refractivity contribution is -0.204. The number of carbonyl (C=O) groups excluding carboxylic acids is 6. The highest BCUT2D eigenvalue weighted by Gasteiger charge is 2.37. The van der Waals surface area contributed by atoms with Crippen molar-refractivity contribution < 1.29 is 38.3 Å². The summed E-state index contributed by atoms with van der Waals surface area (Å²) in [6.45, 7) is 4.18. The lowest BCUT2D eigenvalue weighted by Crippen LogP contribution is -2.38. The SMILES string of the molecule is CC(C)(CCOCC(S)CCNC(=O)CCN1C(=O)C=CC1=O)C(=O)ON1C(=O)CCC1=O. The molecule has 0 aromatic rings. The molecule has 11 nitrogen and oxygen atoms in total. The topological polar surface area (TPSA) is 139 Å². The Bertz CT molecular complexity index is 807. The van der Waals surface area contributed by atoms with Crippen molar-refractivity contribution in [1.29, 1.82) is 0 Å². The summed E-state index contributed by atoms with van der Waals surface area (Å²) >= 11 is 4.41. The van der Waals surface area contributed by atoms with Crippen LogP contribution in [0, 0.1) is 5.41 Å². The Morgan fingerprint density at radius 2 is 1.73 bits per heavy atom. The highest BCUT2D eigenvalue weighted by molar-refractivity contribution is 7.81. The van der Waals surface area contributed by atoms with Gasteiger partial charge in [0, 0.05) is 56.4 Å². The minimum Gasteiger partial charge on any atom is -0.380 e. The Morgan fingerprint density at radius 1 is 1.12 bits per heavy atom. The Morgan fingerprint density at radius 3 is 2.33 bits per heavy atom. The lowest BCUT2D eigenvalue weighted by atomic mass is 9.90. The van der Waals surface area contributed by atoms with Crippen LogP contribution in [0.25, 0.3) is 0 Å². The van der Waals surface area contributed by atoms with Crippen molar-refractivity contribution in [1.82, 2.24) is 15.3 Å². The van der Waals surface area contributed by atoms with Gasteiger partial charge >= 0.3 is 5.97 Å². The highest BCUT2D eigenvalue weighted by Crippen LogP contribution is 2.24. The number of thiol groups is 1. The molecule has 12 heteroatoms. The monoisotopic (exact) mass is 483 g/mol. The van der Waals surface area contributed by atoms with Gasteiger partial charge in [-0.3, -0.25) is 28.9 Å². The molecule has 0 bridgehead atoms. The van der Waals surface area contributed by atoms with E-state index in [1.54, 1.807) is 13.8 Å². The van der Waals surface area contributed by atoms with Crippen molar-refractivity contribution in [3.63, 3.8) is 0 Å². The van der Waals surface area contributed by atoms with Crippen LogP contribution in [0.4, 0.5) is 0 Å².